The van der Waals surface area contributed by atoms with E-state index in [0.29, 0.717) is 5.91 Å². The second-order valence-corrected chi connectivity index (χ2v) is 7.63. The molecule has 0 spiro atoms. The van der Waals surface area contributed by atoms with E-state index in [1.165, 1.54) is 25.7 Å². The minimum atomic E-state index is -0.250. The summed E-state index contributed by atoms with van der Waals surface area (Å²) >= 11 is 0. The van der Waals surface area contributed by atoms with E-state index >= 15 is 0 Å². The van der Waals surface area contributed by atoms with Crippen molar-refractivity contribution in [2.24, 2.45) is 0 Å². The molecule has 1 unspecified atom stereocenters. The van der Waals surface area contributed by atoms with E-state index < -0.39 is 0 Å². The molecule has 3 N–H and O–H groups in total. The zero-order chi connectivity index (χ0) is 23.1. The van der Waals surface area contributed by atoms with Crippen molar-refractivity contribution in [3.8, 4) is 0 Å². The summed E-state index contributed by atoms with van der Waals surface area (Å²) in [6.07, 6.45) is 6.07. The number of aromatic amines is 1. The number of carbonyl (C=O) groups excluding carboxylic acids is 1. The molecule has 11 nitrogen and oxygen atoms in total. The van der Waals surface area contributed by atoms with Gasteiger partial charge in [0.25, 0.3) is 12.9 Å². The highest BCUT2D eigenvalue weighted by Gasteiger charge is 2.28. The topological polar surface area (TPSA) is 143 Å². The van der Waals surface area contributed by atoms with E-state index in [9.17, 15) is 4.79 Å². The molecule has 0 radical (unpaired) electrons. The van der Waals surface area contributed by atoms with Gasteiger partial charge in [0.05, 0.1) is 12.6 Å². The summed E-state index contributed by atoms with van der Waals surface area (Å²) < 4.78 is 0. The summed E-state index contributed by atoms with van der Waals surface area (Å²) in [4.78, 5) is 40.9. The second kappa shape index (κ2) is 15.3. The maximum absolute atomic E-state index is 13.0. The van der Waals surface area contributed by atoms with Gasteiger partial charge in [0.2, 0.25) is 5.91 Å². The van der Waals surface area contributed by atoms with Crippen molar-refractivity contribution in [1.29, 1.82) is 0 Å². The Morgan fingerprint density at radius 3 is 2.16 bits per heavy atom. The molecule has 1 aromatic rings. The third-order valence-electron chi connectivity index (χ3n) is 5.45. The average Bonchev–Trinajstić information content (AvgIpc) is 2.96. The molecule has 0 bridgehead atoms. The molecular formula is C20H36N6O5. The second-order valence-electron chi connectivity index (χ2n) is 7.63. The summed E-state index contributed by atoms with van der Waals surface area (Å²) in [6, 6.07) is 0.0142. The van der Waals surface area contributed by atoms with Gasteiger partial charge < -0.3 is 15.1 Å². The molecule has 2 saturated heterocycles. The van der Waals surface area contributed by atoms with E-state index in [4.69, 9.17) is 19.8 Å². The number of aryl methyl sites for hydroxylation is 1. The van der Waals surface area contributed by atoms with E-state index in [1.807, 2.05) is 6.92 Å². The molecule has 2 aliphatic rings. The number of likely N-dealkylation sites (tertiary alicyclic amines) is 1. The number of aromatic nitrogens is 3. The number of nitrogens with zero attached hydrogens (tertiary/aromatic N) is 5. The average molecular weight is 441 g/mol. The Morgan fingerprint density at radius 2 is 1.61 bits per heavy atom. The highest BCUT2D eigenvalue weighted by Crippen LogP contribution is 2.15. The number of rotatable bonds is 4. The number of amides is 1. The zero-order valence-corrected chi connectivity index (χ0v) is 18.6. The Bertz CT molecular complexity index is 642. The van der Waals surface area contributed by atoms with Crippen molar-refractivity contribution in [3.05, 3.63) is 11.6 Å². The van der Waals surface area contributed by atoms with Gasteiger partial charge in [-0.05, 0) is 46.2 Å². The summed E-state index contributed by atoms with van der Waals surface area (Å²) in [5, 5.41) is 20.9. The number of nitrogens with one attached hydrogen (secondary N) is 1. The summed E-state index contributed by atoms with van der Waals surface area (Å²) in [5.41, 5.74) is 0. The Kier molecular flexibility index (Phi) is 13.1. The predicted molar refractivity (Wildman–Crippen MR) is 114 cm³/mol. The highest BCUT2D eigenvalue weighted by atomic mass is 16.3. The van der Waals surface area contributed by atoms with Crippen molar-refractivity contribution in [1.82, 2.24) is 29.9 Å². The predicted octanol–water partition coefficient (Wildman–Crippen LogP) is 0.814. The lowest BCUT2D eigenvalue weighted by Gasteiger charge is -2.31. The number of carbonyl (C=O) groups is 3. The van der Waals surface area contributed by atoms with Gasteiger partial charge in [-0.1, -0.05) is 12.8 Å². The molecule has 0 saturated carbocycles. The highest BCUT2D eigenvalue weighted by molar-refractivity contribution is 5.81. The maximum Gasteiger partial charge on any atom is 0.290 e. The smallest absolute Gasteiger partial charge is 0.290 e. The largest absolute Gasteiger partial charge is 0.483 e. The van der Waals surface area contributed by atoms with Crippen molar-refractivity contribution in [2.45, 2.75) is 58.5 Å². The minimum absolute atomic E-state index is 0.0142. The molecule has 3 rings (SSSR count). The maximum atomic E-state index is 13.0. The van der Waals surface area contributed by atoms with Crippen LogP contribution in [0, 0.1) is 6.92 Å². The molecule has 176 valence electrons. The normalized spacial score (nSPS) is 18.8. The molecule has 11 heteroatoms. The van der Waals surface area contributed by atoms with Crippen LogP contribution in [0.5, 0.6) is 0 Å². The molecule has 2 fully saturated rings. The quantitative estimate of drug-likeness (QED) is 0.580. The lowest BCUT2D eigenvalue weighted by atomic mass is 10.2. The number of hydrogen-bond donors (Lipinski definition) is 3. The summed E-state index contributed by atoms with van der Waals surface area (Å²) in [5.74, 6) is 2.00. The third kappa shape index (κ3) is 9.88. The number of carboxylic acid groups (broad SMARTS) is 2. The van der Waals surface area contributed by atoms with Gasteiger partial charge in [-0.15, -0.1) is 0 Å². The monoisotopic (exact) mass is 440 g/mol. The Morgan fingerprint density at radius 1 is 1.00 bits per heavy atom. The van der Waals surface area contributed by atoms with Crippen LogP contribution in [0.3, 0.4) is 0 Å². The fraction of sp³-hybridized carbons (Fsp3) is 0.750. The van der Waals surface area contributed by atoms with E-state index in [0.717, 1.165) is 63.9 Å². The Balaban J connectivity index is 0.000000720. The molecule has 3 heterocycles. The molecule has 2 aliphatic heterocycles. The summed E-state index contributed by atoms with van der Waals surface area (Å²) in [6.45, 7) is 9.96. The van der Waals surface area contributed by atoms with Crippen molar-refractivity contribution in [3.63, 3.8) is 0 Å². The van der Waals surface area contributed by atoms with E-state index in [1.54, 1.807) is 0 Å². The first-order valence-electron chi connectivity index (χ1n) is 10.8. The van der Waals surface area contributed by atoms with Gasteiger partial charge in [-0.25, -0.2) is 4.98 Å². The first-order valence-corrected chi connectivity index (χ1v) is 10.8. The van der Waals surface area contributed by atoms with Crippen molar-refractivity contribution < 1.29 is 24.6 Å². The Labute approximate surface area is 183 Å². The zero-order valence-electron chi connectivity index (χ0n) is 18.6. The van der Waals surface area contributed by atoms with Crippen LogP contribution in [-0.2, 0) is 20.9 Å². The van der Waals surface area contributed by atoms with Crippen molar-refractivity contribution in [2.75, 3.05) is 39.3 Å². The van der Waals surface area contributed by atoms with Crippen LogP contribution in [-0.4, -0.2) is 104 Å². The van der Waals surface area contributed by atoms with Crippen LogP contribution >= 0.6 is 0 Å². The van der Waals surface area contributed by atoms with Gasteiger partial charge in [0.15, 0.2) is 5.82 Å². The fourth-order valence-electron chi connectivity index (χ4n) is 3.91. The van der Waals surface area contributed by atoms with Crippen LogP contribution < -0.4 is 0 Å². The fourth-order valence-corrected chi connectivity index (χ4v) is 3.91. The van der Waals surface area contributed by atoms with Gasteiger partial charge in [-0.3, -0.25) is 29.3 Å². The van der Waals surface area contributed by atoms with Crippen LogP contribution in [0.1, 0.15) is 50.7 Å². The molecular weight excluding hydrogens is 404 g/mol. The van der Waals surface area contributed by atoms with Gasteiger partial charge in [0, 0.05) is 26.2 Å². The molecule has 1 atom stereocenters. The van der Waals surface area contributed by atoms with Gasteiger partial charge >= 0.3 is 0 Å². The summed E-state index contributed by atoms with van der Waals surface area (Å²) in [7, 11) is 0. The van der Waals surface area contributed by atoms with E-state index in [2.05, 4.69) is 36.8 Å². The SMILES string of the molecule is Cc1nc(CN2CCCN(C(=O)C(C)N3CCCCCC3)CC2)n[nH]1.O=CO.O=CO. The van der Waals surface area contributed by atoms with Crippen LogP contribution in [0.4, 0.5) is 0 Å². The van der Waals surface area contributed by atoms with Gasteiger partial charge in [0.1, 0.15) is 5.82 Å². The molecule has 1 aromatic heterocycles. The van der Waals surface area contributed by atoms with Crippen LogP contribution in [0.25, 0.3) is 0 Å². The molecule has 31 heavy (non-hydrogen) atoms. The lowest BCUT2D eigenvalue weighted by molar-refractivity contribution is -0.136. The lowest BCUT2D eigenvalue weighted by Crippen LogP contribution is -2.48. The molecule has 1 amide bonds. The first kappa shape index (κ1) is 26.5. The standard InChI is InChI=1S/C18H32N6O.2CH2O2/c1-15(23-9-5-3-4-6-10-23)18(25)24-11-7-8-22(12-13-24)14-17-19-16(2)20-21-17;2*2-1-3/h15H,3-14H2,1-2H3,(H,19,20,21);2*1H,(H,2,3). The minimum Gasteiger partial charge on any atom is -0.483 e. The van der Waals surface area contributed by atoms with Crippen LogP contribution in [0.2, 0.25) is 0 Å². The molecule has 0 aromatic carbocycles. The van der Waals surface area contributed by atoms with Crippen LogP contribution in [0.15, 0.2) is 0 Å². The third-order valence-corrected chi connectivity index (χ3v) is 5.45. The molecule has 0 aliphatic carbocycles. The first-order chi connectivity index (χ1) is 15.0. The number of H-pyrrole nitrogens is 1. The Hall–Kier alpha value is -2.53. The van der Waals surface area contributed by atoms with Gasteiger partial charge in [-0.2, -0.15) is 5.10 Å². The van der Waals surface area contributed by atoms with Crippen molar-refractivity contribution >= 4 is 18.9 Å². The van der Waals surface area contributed by atoms with E-state index in [-0.39, 0.29) is 19.0 Å². The number of hydrogen-bond acceptors (Lipinski definition) is 7.